The molecule has 0 spiro atoms. The lowest BCUT2D eigenvalue weighted by molar-refractivity contribution is 0.0732. The molecule has 0 saturated heterocycles. The molecule has 3 aromatic rings. The zero-order chi connectivity index (χ0) is 22.9. The zero-order valence-electron chi connectivity index (χ0n) is 19.5. The normalized spacial score (nSPS) is 17.1. The molecular weight excluding hydrogens is 420 g/mol. The van der Waals surface area contributed by atoms with Crippen LogP contribution in [0.3, 0.4) is 0 Å². The highest BCUT2D eigenvalue weighted by Crippen LogP contribution is 2.41. The van der Waals surface area contributed by atoms with Crippen LogP contribution in [0, 0.1) is 6.92 Å². The highest BCUT2D eigenvalue weighted by atomic mass is 32.1. The number of thiazole rings is 1. The molecule has 0 fully saturated rings. The molecule has 0 radical (unpaired) electrons. The first-order valence-electron chi connectivity index (χ1n) is 11.0. The van der Waals surface area contributed by atoms with Crippen LogP contribution in [0.5, 0.6) is 0 Å². The summed E-state index contributed by atoms with van der Waals surface area (Å²) in [5.41, 5.74) is 1.51. The molecule has 8 heteroatoms. The average Bonchev–Trinajstić information content (AvgIpc) is 3.37. The lowest BCUT2D eigenvalue weighted by Crippen LogP contribution is -2.39. The van der Waals surface area contributed by atoms with E-state index in [1.165, 1.54) is 4.88 Å². The standard InChI is InChI=1S/C24H32N6OS/c1-17-14-25-22(32-17)20-13-24(2,3)30-21(27-20)19(15-26-30)23(31)29(12-11-28(4)5)16-18-9-7-6-8-10-18/h6-10,14-15,20,27H,11-13,16H2,1-5H3. The molecule has 1 unspecified atom stereocenters. The fraction of sp³-hybridized carbons (Fsp3) is 0.458. The van der Waals surface area contributed by atoms with Gasteiger partial charge in [0.05, 0.1) is 17.8 Å². The van der Waals surface area contributed by atoms with Crippen molar-refractivity contribution in [1.29, 1.82) is 0 Å². The van der Waals surface area contributed by atoms with E-state index in [0.717, 1.165) is 29.4 Å². The molecule has 2 aromatic heterocycles. The second kappa shape index (κ2) is 9.03. The van der Waals surface area contributed by atoms with Gasteiger partial charge < -0.3 is 15.1 Å². The molecule has 1 aromatic carbocycles. The van der Waals surface area contributed by atoms with Gasteiger partial charge in [-0.3, -0.25) is 4.79 Å². The number of carbonyl (C=O) groups excluding carboxylic acids is 1. The molecule has 32 heavy (non-hydrogen) atoms. The van der Waals surface area contributed by atoms with E-state index in [9.17, 15) is 4.79 Å². The van der Waals surface area contributed by atoms with Gasteiger partial charge in [0.2, 0.25) is 0 Å². The number of benzene rings is 1. The summed E-state index contributed by atoms with van der Waals surface area (Å²) < 4.78 is 1.96. The fourth-order valence-corrected chi connectivity index (χ4v) is 4.96. The van der Waals surface area contributed by atoms with E-state index in [1.807, 2.05) is 48.1 Å². The smallest absolute Gasteiger partial charge is 0.259 e. The van der Waals surface area contributed by atoms with Crippen LogP contribution in [-0.2, 0) is 12.1 Å². The van der Waals surface area contributed by atoms with Crippen LogP contribution in [-0.4, -0.2) is 57.7 Å². The van der Waals surface area contributed by atoms with E-state index in [2.05, 4.69) is 53.2 Å². The first-order valence-corrected chi connectivity index (χ1v) is 11.8. The minimum Gasteiger partial charge on any atom is -0.360 e. The maximum absolute atomic E-state index is 13.8. The number of amides is 1. The third-order valence-corrected chi connectivity index (χ3v) is 6.87. The number of carbonyl (C=O) groups is 1. The highest BCUT2D eigenvalue weighted by Gasteiger charge is 2.38. The Labute approximate surface area is 194 Å². The van der Waals surface area contributed by atoms with Gasteiger partial charge in [-0.15, -0.1) is 11.3 Å². The Morgan fingerprint density at radius 3 is 2.62 bits per heavy atom. The Morgan fingerprint density at radius 1 is 1.22 bits per heavy atom. The summed E-state index contributed by atoms with van der Waals surface area (Å²) in [5.74, 6) is 0.781. The topological polar surface area (TPSA) is 66.3 Å². The van der Waals surface area contributed by atoms with Crippen LogP contribution in [0.2, 0.25) is 0 Å². The molecule has 3 heterocycles. The van der Waals surface area contributed by atoms with Crippen molar-refractivity contribution >= 4 is 23.1 Å². The number of nitrogens with one attached hydrogen (secondary N) is 1. The maximum atomic E-state index is 13.8. The SMILES string of the molecule is Cc1cnc(C2CC(C)(C)n3ncc(C(=O)N(CCN(C)C)Cc4ccccc4)c3N2)s1. The van der Waals surface area contributed by atoms with E-state index in [1.54, 1.807) is 17.5 Å². The van der Waals surface area contributed by atoms with Gasteiger partial charge in [-0.2, -0.15) is 5.10 Å². The van der Waals surface area contributed by atoms with E-state index < -0.39 is 0 Å². The van der Waals surface area contributed by atoms with Crippen LogP contribution < -0.4 is 5.32 Å². The van der Waals surface area contributed by atoms with E-state index in [-0.39, 0.29) is 17.5 Å². The first-order chi connectivity index (χ1) is 15.2. The summed E-state index contributed by atoms with van der Waals surface area (Å²) in [5, 5.41) is 9.26. The van der Waals surface area contributed by atoms with Crippen molar-refractivity contribution in [3.05, 3.63) is 63.7 Å². The number of hydrogen-bond donors (Lipinski definition) is 1. The Kier molecular flexibility index (Phi) is 6.35. The van der Waals surface area contributed by atoms with Crippen LogP contribution >= 0.6 is 11.3 Å². The summed E-state index contributed by atoms with van der Waals surface area (Å²) in [6.45, 7) is 8.41. The van der Waals surface area contributed by atoms with Crippen molar-refractivity contribution < 1.29 is 4.79 Å². The summed E-state index contributed by atoms with van der Waals surface area (Å²) >= 11 is 1.70. The number of nitrogens with zero attached hydrogens (tertiary/aromatic N) is 5. The zero-order valence-corrected chi connectivity index (χ0v) is 20.3. The molecule has 7 nitrogen and oxygen atoms in total. The Morgan fingerprint density at radius 2 is 1.97 bits per heavy atom. The quantitative estimate of drug-likeness (QED) is 0.584. The first kappa shape index (κ1) is 22.5. The number of aromatic nitrogens is 3. The summed E-state index contributed by atoms with van der Waals surface area (Å²) in [6, 6.07) is 10.2. The second-order valence-electron chi connectivity index (χ2n) is 9.36. The van der Waals surface area contributed by atoms with Crippen LogP contribution in [0.15, 0.2) is 42.7 Å². The van der Waals surface area contributed by atoms with E-state index >= 15 is 0 Å². The molecule has 0 saturated carbocycles. The van der Waals surface area contributed by atoms with Crippen molar-refractivity contribution in [3.63, 3.8) is 0 Å². The number of aryl methyl sites for hydroxylation is 1. The molecule has 0 aliphatic carbocycles. The lowest BCUT2D eigenvalue weighted by Gasteiger charge is -2.37. The number of anilines is 1. The average molecular weight is 453 g/mol. The van der Waals surface area contributed by atoms with Gasteiger partial charge in [0.25, 0.3) is 5.91 Å². The number of fused-ring (bicyclic) bond motifs is 1. The van der Waals surface area contributed by atoms with Crippen LogP contribution in [0.25, 0.3) is 0 Å². The molecular formula is C24H32N6OS. The molecule has 1 aliphatic heterocycles. The molecule has 170 valence electrons. The summed E-state index contributed by atoms with van der Waals surface area (Å²) in [6.07, 6.45) is 4.49. The second-order valence-corrected chi connectivity index (χ2v) is 10.6. The predicted octanol–water partition coefficient (Wildman–Crippen LogP) is 4.14. The van der Waals surface area contributed by atoms with Gasteiger partial charge in [-0.25, -0.2) is 9.67 Å². The number of hydrogen-bond acceptors (Lipinski definition) is 6. The number of likely N-dealkylation sites (N-methyl/N-ethyl adjacent to an activating group) is 1. The molecule has 1 aliphatic rings. The lowest BCUT2D eigenvalue weighted by atomic mass is 9.93. The van der Waals surface area contributed by atoms with Gasteiger partial charge in [0.1, 0.15) is 16.4 Å². The molecule has 0 bridgehead atoms. The van der Waals surface area contributed by atoms with Crippen molar-refractivity contribution in [2.24, 2.45) is 0 Å². The van der Waals surface area contributed by atoms with E-state index in [0.29, 0.717) is 18.7 Å². The molecule has 1 N–H and O–H groups in total. The van der Waals surface area contributed by atoms with Crippen molar-refractivity contribution in [1.82, 2.24) is 24.6 Å². The van der Waals surface area contributed by atoms with Gasteiger partial charge in [0.15, 0.2) is 0 Å². The highest BCUT2D eigenvalue weighted by molar-refractivity contribution is 7.11. The van der Waals surface area contributed by atoms with Crippen molar-refractivity contribution in [2.75, 3.05) is 32.5 Å². The fourth-order valence-electron chi connectivity index (χ4n) is 4.13. The van der Waals surface area contributed by atoms with Gasteiger partial charge in [0, 0.05) is 30.7 Å². The van der Waals surface area contributed by atoms with Crippen molar-refractivity contribution in [2.45, 2.75) is 45.3 Å². The molecule has 4 rings (SSSR count). The molecule has 1 amide bonds. The predicted molar refractivity (Wildman–Crippen MR) is 129 cm³/mol. The van der Waals surface area contributed by atoms with Gasteiger partial charge in [-0.1, -0.05) is 30.3 Å². The third kappa shape index (κ3) is 4.71. The molecule has 1 atom stereocenters. The maximum Gasteiger partial charge on any atom is 0.259 e. The van der Waals surface area contributed by atoms with Crippen molar-refractivity contribution in [3.8, 4) is 0 Å². The van der Waals surface area contributed by atoms with Crippen LogP contribution in [0.1, 0.15) is 52.1 Å². The van der Waals surface area contributed by atoms with Crippen LogP contribution in [0.4, 0.5) is 5.82 Å². The summed E-state index contributed by atoms with van der Waals surface area (Å²) in [7, 11) is 4.05. The Bertz CT molecular complexity index is 1070. The van der Waals surface area contributed by atoms with E-state index in [4.69, 9.17) is 0 Å². The van der Waals surface area contributed by atoms with Gasteiger partial charge in [-0.05, 0) is 46.9 Å². The number of rotatable bonds is 7. The third-order valence-electron chi connectivity index (χ3n) is 5.85. The Balaban J connectivity index is 1.65. The minimum absolute atomic E-state index is 0.00350. The van der Waals surface area contributed by atoms with Gasteiger partial charge >= 0.3 is 0 Å². The summed E-state index contributed by atoms with van der Waals surface area (Å²) in [4.78, 5) is 23.6. The monoisotopic (exact) mass is 452 g/mol. The minimum atomic E-state index is -0.225. The Hall–Kier alpha value is -2.71. The largest absolute Gasteiger partial charge is 0.360 e.